The first-order valence-corrected chi connectivity index (χ1v) is 28.8. The summed E-state index contributed by atoms with van der Waals surface area (Å²) in [5.41, 5.74) is 12.0. The number of fused-ring (bicyclic) bond motifs is 2. The molecule has 19 heteroatoms. The molecule has 0 saturated carbocycles. The van der Waals surface area contributed by atoms with Crippen LogP contribution in [0, 0.1) is 12.3 Å². The van der Waals surface area contributed by atoms with Crippen molar-refractivity contribution in [2.45, 2.75) is 140 Å². The van der Waals surface area contributed by atoms with Crippen LogP contribution < -0.4 is 16.0 Å². The standard InChI is InChI=1S/C34H42N2O6S2.C26H35N7O2/c1-10-35-27-19-17-24(44(40,41)42)21-26(27)32(4,5)29(35)14-12-11-13-15-30-33(6,7)25-20-23(43(38)39)16-18-28(25)36(30)34(8,9)31(2,3)22-37;1-18-29-31-24(32-30-18)21-10-6-19(7-11-21)16-26(2,3)28-25(34)22-12-8-20(9-13-22)17-35-23(27)14-15-33(4)5/h11-22H,10H2,1-9H3,(H-,38,39,40,41,42);6-13,23H,14-17,27H2,1-5H3,(H,28,34). The van der Waals surface area contributed by atoms with E-state index in [2.05, 4.69) is 53.9 Å². The van der Waals surface area contributed by atoms with Gasteiger partial charge in [0.2, 0.25) is 11.5 Å². The molecule has 422 valence electrons. The van der Waals surface area contributed by atoms with Crippen molar-refractivity contribution in [3.8, 4) is 11.4 Å². The Bertz CT molecular complexity index is 3290. The number of amides is 1. The Balaban J connectivity index is 0.000000262. The van der Waals surface area contributed by atoms with Gasteiger partial charge in [-0.25, -0.2) is 0 Å². The Kier molecular flexibility index (Phi) is 19.2. The smallest absolute Gasteiger partial charge is 0.294 e. The molecule has 0 bridgehead atoms. The van der Waals surface area contributed by atoms with Crippen LogP contribution in [0.25, 0.3) is 11.4 Å². The van der Waals surface area contributed by atoms with Crippen LogP contribution >= 0.6 is 0 Å². The fourth-order valence-electron chi connectivity index (χ4n) is 9.72. The largest absolute Gasteiger partial charge is 0.768 e. The summed E-state index contributed by atoms with van der Waals surface area (Å²) in [6.45, 7) is 25.7. The summed E-state index contributed by atoms with van der Waals surface area (Å²) in [5.74, 6) is 0.900. The molecule has 3 heterocycles. The number of aromatic nitrogens is 4. The van der Waals surface area contributed by atoms with Gasteiger partial charge in [0.15, 0.2) is 11.5 Å². The zero-order valence-corrected chi connectivity index (χ0v) is 49.6. The van der Waals surface area contributed by atoms with Gasteiger partial charge in [-0.15, -0.1) is 20.4 Å². The molecule has 17 nitrogen and oxygen atoms in total. The fourth-order valence-corrected chi connectivity index (χ4v) is 10.6. The topological polar surface area (TPSA) is 237 Å². The number of nitrogens with two attached hydrogens (primary N) is 1. The van der Waals surface area contributed by atoms with E-state index >= 15 is 0 Å². The number of allylic oxidation sites excluding steroid dienone is 6. The number of hydrogen-bond acceptors (Lipinski definition) is 14. The summed E-state index contributed by atoms with van der Waals surface area (Å²) in [4.78, 5) is 29.4. The van der Waals surface area contributed by atoms with E-state index < -0.39 is 48.5 Å². The highest BCUT2D eigenvalue weighted by Crippen LogP contribution is 2.54. The lowest BCUT2D eigenvalue weighted by Gasteiger charge is -2.48. The minimum Gasteiger partial charge on any atom is -0.768 e. The van der Waals surface area contributed by atoms with Crippen LogP contribution in [-0.4, -0.2) is 114 Å². The zero-order chi connectivity index (χ0) is 58.5. The first-order chi connectivity index (χ1) is 36.8. The number of anilines is 1. The van der Waals surface area contributed by atoms with Crippen molar-refractivity contribution in [1.82, 2.24) is 30.6 Å². The second kappa shape index (κ2) is 24.5. The number of carbonyl (C=O) groups excluding carboxylic acids is 2. The molecule has 1 aromatic heterocycles. The molecule has 2 atom stereocenters. The number of benzene rings is 4. The second-order valence-electron chi connectivity index (χ2n) is 23.1. The number of hydrogen-bond donors (Lipinski definition) is 3. The van der Waals surface area contributed by atoms with Gasteiger partial charge in [0.05, 0.1) is 22.5 Å². The van der Waals surface area contributed by atoms with Crippen molar-refractivity contribution in [2.24, 2.45) is 11.1 Å². The van der Waals surface area contributed by atoms with E-state index in [1.54, 1.807) is 31.2 Å². The molecular formula is C60H77N9O8S2. The summed E-state index contributed by atoms with van der Waals surface area (Å²) in [7, 11) is -0.318. The minimum atomic E-state index is -4.33. The second-order valence-corrected chi connectivity index (χ2v) is 25.5. The van der Waals surface area contributed by atoms with Gasteiger partial charge >= 0.3 is 0 Å². The number of nitrogens with zero attached hydrogens (tertiary/aromatic N) is 7. The van der Waals surface area contributed by atoms with Gasteiger partial charge in [-0.05, 0) is 159 Å². The Hall–Kier alpha value is -6.45. The Morgan fingerprint density at radius 2 is 1.52 bits per heavy atom. The van der Waals surface area contributed by atoms with Crippen molar-refractivity contribution in [2.75, 3.05) is 32.1 Å². The predicted molar refractivity (Wildman–Crippen MR) is 310 cm³/mol. The molecule has 0 aliphatic carbocycles. The van der Waals surface area contributed by atoms with E-state index in [1.807, 2.05) is 161 Å². The van der Waals surface area contributed by atoms with Crippen LogP contribution in [0.3, 0.4) is 0 Å². The quantitative estimate of drug-likeness (QED) is 0.0165. The molecule has 4 N–H and O–H groups in total. The molecule has 7 rings (SSSR count). The maximum absolute atomic E-state index is 12.8. The molecule has 5 aromatic rings. The predicted octanol–water partition coefficient (Wildman–Crippen LogP) is 9.11. The van der Waals surface area contributed by atoms with Gasteiger partial charge in [-0.1, -0.05) is 82.3 Å². The van der Waals surface area contributed by atoms with Crippen molar-refractivity contribution in [1.29, 1.82) is 0 Å². The number of aldehydes is 1. The lowest BCUT2D eigenvalue weighted by molar-refractivity contribution is -0.433. The van der Waals surface area contributed by atoms with Crippen molar-refractivity contribution in [3.63, 3.8) is 0 Å². The number of rotatable bonds is 20. The lowest BCUT2D eigenvalue weighted by atomic mass is 9.74. The number of ether oxygens (including phenoxy) is 1. The molecule has 2 aliphatic rings. The van der Waals surface area contributed by atoms with Crippen LogP contribution in [0.2, 0.25) is 0 Å². The summed E-state index contributed by atoms with van der Waals surface area (Å²) in [6.07, 6.45) is 11.9. The molecule has 0 saturated heterocycles. The summed E-state index contributed by atoms with van der Waals surface area (Å²) in [5, 5.41) is 19.2. The Morgan fingerprint density at radius 3 is 2.10 bits per heavy atom. The van der Waals surface area contributed by atoms with E-state index in [-0.39, 0.29) is 21.9 Å². The maximum atomic E-state index is 12.8. The molecule has 2 unspecified atom stereocenters. The fraction of sp³-hybridized carbons (Fsp3) is 0.417. The van der Waals surface area contributed by atoms with E-state index in [4.69, 9.17) is 10.5 Å². The summed E-state index contributed by atoms with van der Waals surface area (Å²) >= 11 is -2.37. The van der Waals surface area contributed by atoms with Crippen LogP contribution in [0.5, 0.6) is 0 Å². The monoisotopic (exact) mass is 1120 g/mol. The average molecular weight is 1120 g/mol. The van der Waals surface area contributed by atoms with Gasteiger partial charge in [0.1, 0.15) is 19.1 Å². The minimum absolute atomic E-state index is 0.119. The van der Waals surface area contributed by atoms with Gasteiger partial charge in [0, 0.05) is 68.0 Å². The third-order valence-electron chi connectivity index (χ3n) is 15.0. The highest BCUT2D eigenvalue weighted by atomic mass is 32.2. The molecule has 4 aromatic carbocycles. The summed E-state index contributed by atoms with van der Waals surface area (Å²) < 4.78 is 64.7. The third kappa shape index (κ3) is 14.3. The SMILES string of the molecule is CC[N+]1=C(/C=C/C=C/C=C2/N(C(C)(C)C(C)(C)C=O)c3ccc(S(=O)[O-])cc3C2(C)C)C(C)(C)c2cc(S(=O)(=O)O)ccc21.Cc1nnc(-c2ccc(CC(C)(C)NC(=O)c3ccc(COC(N)CCN(C)C)cc3)cc2)nn1. The molecule has 2 aliphatic heterocycles. The van der Waals surface area contributed by atoms with Crippen molar-refractivity contribution >= 4 is 50.5 Å². The van der Waals surface area contributed by atoms with Crippen LogP contribution in [0.4, 0.5) is 11.4 Å². The third-order valence-corrected chi connectivity index (χ3v) is 16.5. The number of aryl methyl sites for hydroxylation is 1. The highest BCUT2D eigenvalue weighted by molar-refractivity contribution is 7.85. The molecule has 0 fully saturated rings. The highest BCUT2D eigenvalue weighted by Gasteiger charge is 2.51. The average Bonchev–Trinajstić information content (AvgIpc) is 4.04. The normalized spacial score (nSPS) is 16.5. The van der Waals surface area contributed by atoms with Crippen LogP contribution in [0.15, 0.2) is 131 Å². The van der Waals surface area contributed by atoms with Crippen LogP contribution in [-0.2, 0) is 54.6 Å². The number of nitrogens with one attached hydrogen (secondary N) is 1. The molecule has 1 amide bonds. The Morgan fingerprint density at radius 1 is 0.886 bits per heavy atom. The van der Waals surface area contributed by atoms with E-state index in [0.29, 0.717) is 36.8 Å². The van der Waals surface area contributed by atoms with Gasteiger partial charge in [-0.2, -0.15) is 13.0 Å². The van der Waals surface area contributed by atoms with Gasteiger partial charge in [0.25, 0.3) is 16.0 Å². The molecule has 0 spiro atoms. The maximum Gasteiger partial charge on any atom is 0.294 e. The number of carbonyl (C=O) groups is 2. The summed E-state index contributed by atoms with van der Waals surface area (Å²) in [6, 6.07) is 25.1. The van der Waals surface area contributed by atoms with Crippen LogP contribution in [0.1, 0.15) is 121 Å². The van der Waals surface area contributed by atoms with Crippen molar-refractivity contribution in [3.05, 3.63) is 155 Å². The van der Waals surface area contributed by atoms with Crippen molar-refractivity contribution < 1.29 is 40.6 Å². The Labute approximate surface area is 469 Å². The zero-order valence-electron chi connectivity index (χ0n) is 48.0. The van der Waals surface area contributed by atoms with E-state index in [1.165, 1.54) is 6.07 Å². The van der Waals surface area contributed by atoms with Gasteiger partial charge in [-0.3, -0.25) is 13.6 Å². The lowest BCUT2D eigenvalue weighted by Crippen LogP contribution is -2.54. The van der Waals surface area contributed by atoms with E-state index in [0.717, 1.165) is 69.9 Å². The van der Waals surface area contributed by atoms with Gasteiger partial charge < -0.3 is 34.9 Å². The first kappa shape index (κ1) is 61.8. The molecule has 79 heavy (non-hydrogen) atoms. The first-order valence-electron chi connectivity index (χ1n) is 26.2. The molecule has 0 radical (unpaired) electrons. The van der Waals surface area contributed by atoms with E-state index in [9.17, 15) is 31.3 Å². The molecular weight excluding hydrogens is 1040 g/mol.